The van der Waals surface area contributed by atoms with E-state index in [1.165, 1.54) is 0 Å². The Hall–Kier alpha value is -1.92. The summed E-state index contributed by atoms with van der Waals surface area (Å²) in [5.41, 5.74) is 0.868. The molecule has 0 spiro atoms. The van der Waals surface area contributed by atoms with Gasteiger partial charge in [0.2, 0.25) is 0 Å². The molecule has 0 radical (unpaired) electrons. The minimum Gasteiger partial charge on any atom is -0.491 e. The Kier molecular flexibility index (Phi) is 4.26. The van der Waals surface area contributed by atoms with Crippen molar-refractivity contribution >= 4 is 0 Å². The molecule has 2 aromatic rings. The van der Waals surface area contributed by atoms with Gasteiger partial charge in [0, 0.05) is 24.7 Å². The molecule has 0 amide bonds. The Morgan fingerprint density at radius 2 is 2.22 bits per heavy atom. The van der Waals surface area contributed by atoms with Crippen LogP contribution >= 0.6 is 0 Å². The van der Waals surface area contributed by atoms with Crippen LogP contribution in [0.5, 0.6) is 5.75 Å². The van der Waals surface area contributed by atoms with Crippen molar-refractivity contribution in [3.8, 4) is 17.2 Å². The van der Waals surface area contributed by atoms with Gasteiger partial charge >= 0.3 is 0 Å². The van der Waals surface area contributed by atoms with Gasteiger partial charge in [-0.05, 0) is 37.5 Å². The molecule has 23 heavy (non-hydrogen) atoms. The number of hydrogen-bond acceptors (Lipinski definition) is 6. The second-order valence-electron chi connectivity index (χ2n) is 5.99. The Morgan fingerprint density at radius 3 is 3.04 bits per heavy atom. The van der Waals surface area contributed by atoms with E-state index in [1.807, 2.05) is 24.3 Å². The Labute approximate surface area is 134 Å². The molecule has 2 saturated heterocycles. The predicted molar refractivity (Wildman–Crippen MR) is 82.4 cm³/mol. The van der Waals surface area contributed by atoms with Gasteiger partial charge < -0.3 is 18.7 Å². The van der Waals surface area contributed by atoms with Crippen LogP contribution in [0.15, 0.2) is 28.8 Å². The first-order chi connectivity index (χ1) is 11.4. The molecular weight excluding hydrogens is 296 g/mol. The topological polar surface area (TPSA) is 66.6 Å². The molecule has 0 unspecified atom stereocenters. The van der Waals surface area contributed by atoms with E-state index in [0.29, 0.717) is 19.1 Å². The van der Waals surface area contributed by atoms with Crippen LogP contribution in [0.25, 0.3) is 11.5 Å². The van der Waals surface area contributed by atoms with Gasteiger partial charge in [-0.25, -0.2) is 0 Å². The first-order valence-electron chi connectivity index (χ1n) is 8.15. The highest BCUT2D eigenvalue weighted by Crippen LogP contribution is 2.27. The fourth-order valence-corrected chi connectivity index (χ4v) is 2.94. The molecule has 6 heteroatoms. The van der Waals surface area contributed by atoms with E-state index < -0.39 is 0 Å². The van der Waals surface area contributed by atoms with Crippen LogP contribution in [0.3, 0.4) is 0 Å². The van der Waals surface area contributed by atoms with Crippen molar-refractivity contribution in [2.45, 2.75) is 31.3 Å². The third kappa shape index (κ3) is 3.38. The van der Waals surface area contributed by atoms with Crippen LogP contribution in [0.4, 0.5) is 0 Å². The van der Waals surface area contributed by atoms with Crippen molar-refractivity contribution in [3.63, 3.8) is 0 Å². The summed E-state index contributed by atoms with van der Waals surface area (Å²) >= 11 is 0. The minimum atomic E-state index is 0.205. The zero-order valence-electron chi connectivity index (χ0n) is 12.9. The van der Waals surface area contributed by atoms with Crippen molar-refractivity contribution in [3.05, 3.63) is 30.1 Å². The first kappa shape index (κ1) is 14.7. The maximum Gasteiger partial charge on any atom is 0.258 e. The van der Waals surface area contributed by atoms with Crippen LogP contribution in [-0.2, 0) is 9.47 Å². The average molecular weight is 316 g/mol. The van der Waals surface area contributed by atoms with Crippen LogP contribution in [0, 0.1) is 0 Å². The summed E-state index contributed by atoms with van der Waals surface area (Å²) in [7, 11) is 0. The highest BCUT2D eigenvalue weighted by atomic mass is 16.5. The maximum atomic E-state index is 5.82. The molecule has 3 heterocycles. The monoisotopic (exact) mass is 316 g/mol. The molecule has 2 atom stereocenters. The number of nitrogens with zero attached hydrogens (tertiary/aromatic N) is 2. The fraction of sp³-hybridized carbons (Fsp3) is 0.529. The van der Waals surface area contributed by atoms with Crippen molar-refractivity contribution in [1.82, 2.24) is 10.1 Å². The largest absolute Gasteiger partial charge is 0.491 e. The SMILES string of the molecule is c1cc(OC[C@@H]2CCCO2)cc(-c2nc([C@H]3CCOC3)no2)c1. The normalized spacial score (nSPS) is 24.2. The van der Waals surface area contributed by atoms with Gasteiger partial charge in [0.1, 0.15) is 12.4 Å². The number of ether oxygens (including phenoxy) is 3. The lowest BCUT2D eigenvalue weighted by atomic mass is 10.1. The van der Waals surface area contributed by atoms with Gasteiger partial charge in [-0.15, -0.1) is 0 Å². The highest BCUT2D eigenvalue weighted by Gasteiger charge is 2.23. The Bertz CT molecular complexity index is 646. The molecule has 0 aliphatic carbocycles. The Morgan fingerprint density at radius 1 is 1.22 bits per heavy atom. The predicted octanol–water partition coefficient (Wildman–Crippen LogP) is 2.80. The summed E-state index contributed by atoms with van der Waals surface area (Å²) in [6.07, 6.45) is 3.33. The summed E-state index contributed by atoms with van der Waals surface area (Å²) in [6.45, 7) is 2.85. The van der Waals surface area contributed by atoms with Gasteiger partial charge in [0.25, 0.3) is 5.89 Å². The summed E-state index contributed by atoms with van der Waals surface area (Å²) in [5, 5.41) is 4.09. The van der Waals surface area contributed by atoms with Gasteiger partial charge in [0.05, 0.1) is 12.7 Å². The molecule has 2 aliphatic rings. The van der Waals surface area contributed by atoms with E-state index in [-0.39, 0.29) is 12.0 Å². The molecule has 122 valence electrons. The minimum absolute atomic E-state index is 0.205. The number of rotatable bonds is 5. The first-order valence-corrected chi connectivity index (χ1v) is 8.15. The third-order valence-electron chi connectivity index (χ3n) is 4.28. The second-order valence-corrected chi connectivity index (χ2v) is 5.99. The standard InChI is InChI=1S/C17H20N2O4/c1-3-12(9-14(4-1)22-11-15-5-2-7-21-15)17-18-16(19-23-17)13-6-8-20-10-13/h1,3-4,9,13,15H,2,5-8,10-11H2/t13-,15-/m0/s1. The molecule has 1 aromatic heterocycles. The number of hydrogen-bond donors (Lipinski definition) is 0. The average Bonchev–Trinajstić information content (AvgIpc) is 3.35. The van der Waals surface area contributed by atoms with Crippen molar-refractivity contribution < 1.29 is 18.7 Å². The van der Waals surface area contributed by atoms with E-state index in [1.54, 1.807) is 0 Å². The van der Waals surface area contributed by atoms with Gasteiger partial charge in [-0.2, -0.15) is 4.98 Å². The Balaban J connectivity index is 1.44. The molecule has 4 rings (SSSR count). The number of benzene rings is 1. The molecule has 2 fully saturated rings. The highest BCUT2D eigenvalue weighted by molar-refractivity contribution is 5.55. The van der Waals surface area contributed by atoms with Gasteiger partial charge in [-0.1, -0.05) is 11.2 Å². The van der Waals surface area contributed by atoms with Crippen molar-refractivity contribution in [2.24, 2.45) is 0 Å². The molecule has 0 N–H and O–H groups in total. The van der Waals surface area contributed by atoms with E-state index in [9.17, 15) is 0 Å². The van der Waals surface area contributed by atoms with Crippen LogP contribution in [0.1, 0.15) is 31.0 Å². The summed E-state index contributed by atoms with van der Waals surface area (Å²) in [6, 6.07) is 7.74. The molecular formula is C17H20N2O4. The van der Waals surface area contributed by atoms with Crippen LogP contribution in [-0.4, -0.2) is 42.7 Å². The van der Waals surface area contributed by atoms with E-state index >= 15 is 0 Å². The summed E-state index contributed by atoms with van der Waals surface area (Å²) in [5.74, 6) is 2.28. The lowest BCUT2D eigenvalue weighted by Gasteiger charge is -2.11. The number of aromatic nitrogens is 2. The van der Waals surface area contributed by atoms with Crippen molar-refractivity contribution in [1.29, 1.82) is 0 Å². The fourth-order valence-electron chi connectivity index (χ4n) is 2.94. The third-order valence-corrected chi connectivity index (χ3v) is 4.28. The molecule has 0 saturated carbocycles. The lowest BCUT2D eigenvalue weighted by Crippen LogP contribution is -2.16. The molecule has 0 bridgehead atoms. The smallest absolute Gasteiger partial charge is 0.258 e. The molecule has 2 aliphatic heterocycles. The zero-order chi connectivity index (χ0) is 15.5. The molecule has 1 aromatic carbocycles. The summed E-state index contributed by atoms with van der Waals surface area (Å²) < 4.78 is 22.2. The van der Waals surface area contributed by atoms with Crippen LogP contribution < -0.4 is 4.74 Å². The molecule has 6 nitrogen and oxygen atoms in total. The van der Waals surface area contributed by atoms with Crippen LogP contribution in [0.2, 0.25) is 0 Å². The van der Waals surface area contributed by atoms with Crippen molar-refractivity contribution in [2.75, 3.05) is 26.4 Å². The van der Waals surface area contributed by atoms with Gasteiger partial charge in [-0.3, -0.25) is 0 Å². The maximum absolute atomic E-state index is 5.82. The van der Waals surface area contributed by atoms with E-state index in [0.717, 1.165) is 49.6 Å². The van der Waals surface area contributed by atoms with E-state index in [2.05, 4.69) is 10.1 Å². The summed E-state index contributed by atoms with van der Waals surface area (Å²) in [4.78, 5) is 4.50. The zero-order valence-corrected chi connectivity index (χ0v) is 12.9. The van der Waals surface area contributed by atoms with E-state index in [4.69, 9.17) is 18.7 Å². The van der Waals surface area contributed by atoms with Gasteiger partial charge in [0.15, 0.2) is 5.82 Å². The quantitative estimate of drug-likeness (QED) is 0.845. The second kappa shape index (κ2) is 6.68. The lowest BCUT2D eigenvalue weighted by molar-refractivity contribution is 0.0680.